The van der Waals surface area contributed by atoms with E-state index in [1.54, 1.807) is 6.92 Å². The number of carbonyl (C=O) groups excluding carboxylic acids is 2. The third kappa shape index (κ3) is 15.2. The van der Waals surface area contributed by atoms with Gasteiger partial charge in [0, 0.05) is 19.4 Å². The Hall–Kier alpha value is -0.860. The van der Waals surface area contributed by atoms with E-state index in [2.05, 4.69) is 12.2 Å². The molecule has 0 heterocycles. The average Bonchev–Trinajstić information content (AvgIpc) is 2.41. The van der Waals surface area contributed by atoms with Crippen LogP contribution in [0.4, 0.5) is 0 Å². The van der Waals surface area contributed by atoms with Gasteiger partial charge >= 0.3 is 0 Å². The molecule has 1 amide bonds. The van der Waals surface area contributed by atoms with Crippen molar-refractivity contribution in [3.63, 3.8) is 0 Å². The molecule has 118 valence electrons. The van der Waals surface area contributed by atoms with E-state index in [0.717, 1.165) is 45.1 Å². The number of hydrogen-bond acceptors (Lipinski definition) is 2. The first kappa shape index (κ1) is 19.1. The van der Waals surface area contributed by atoms with Crippen LogP contribution >= 0.6 is 0 Å². The second kappa shape index (κ2) is 14.5. The fourth-order valence-electron chi connectivity index (χ4n) is 2.23. The number of unbranched alkanes of at least 4 members (excludes halogenated alkanes) is 8. The Balaban J connectivity index is 3.17. The molecule has 0 unspecified atom stereocenters. The number of ketones is 1. The van der Waals surface area contributed by atoms with Crippen molar-refractivity contribution in [3.8, 4) is 0 Å². The Bertz CT molecular complexity index is 251. The minimum Gasteiger partial charge on any atom is -0.356 e. The smallest absolute Gasteiger partial charge is 0.219 e. The quantitative estimate of drug-likeness (QED) is 0.480. The normalized spacial score (nSPS) is 10.5. The first-order chi connectivity index (χ1) is 9.66. The summed E-state index contributed by atoms with van der Waals surface area (Å²) in [5.41, 5.74) is 0. The van der Waals surface area contributed by atoms with E-state index in [0.29, 0.717) is 6.42 Å². The second-order valence-electron chi connectivity index (χ2n) is 5.73. The molecule has 0 saturated carbocycles. The van der Waals surface area contributed by atoms with E-state index in [-0.39, 0.29) is 11.7 Å². The van der Waals surface area contributed by atoms with Crippen molar-refractivity contribution >= 4 is 11.7 Å². The monoisotopic (exact) mass is 283 g/mol. The van der Waals surface area contributed by atoms with Gasteiger partial charge in [0.1, 0.15) is 5.78 Å². The molecule has 0 saturated heterocycles. The summed E-state index contributed by atoms with van der Waals surface area (Å²) in [7, 11) is 0. The molecule has 0 bridgehead atoms. The van der Waals surface area contributed by atoms with Gasteiger partial charge in [0.15, 0.2) is 0 Å². The lowest BCUT2D eigenvalue weighted by atomic mass is 10.1. The van der Waals surface area contributed by atoms with Crippen LogP contribution in [0.25, 0.3) is 0 Å². The average molecular weight is 283 g/mol. The second-order valence-corrected chi connectivity index (χ2v) is 5.73. The summed E-state index contributed by atoms with van der Waals surface area (Å²) in [6.07, 6.45) is 12.9. The molecule has 0 aliphatic heterocycles. The highest BCUT2D eigenvalue weighted by atomic mass is 16.1. The Morgan fingerprint density at radius 1 is 0.750 bits per heavy atom. The van der Waals surface area contributed by atoms with Gasteiger partial charge in [0.05, 0.1) is 0 Å². The number of amides is 1. The highest BCUT2D eigenvalue weighted by Crippen LogP contribution is 2.06. The van der Waals surface area contributed by atoms with Crippen molar-refractivity contribution < 1.29 is 9.59 Å². The largest absolute Gasteiger partial charge is 0.356 e. The van der Waals surface area contributed by atoms with Crippen LogP contribution < -0.4 is 5.32 Å². The molecule has 20 heavy (non-hydrogen) atoms. The van der Waals surface area contributed by atoms with E-state index in [1.807, 2.05) is 0 Å². The zero-order valence-electron chi connectivity index (χ0n) is 13.5. The molecule has 0 rings (SSSR count). The third-order valence-electron chi connectivity index (χ3n) is 3.54. The molecule has 3 nitrogen and oxygen atoms in total. The standard InChI is InChI=1S/C17H33NO2/c1-3-4-5-7-11-14-17(20)18-15-12-9-6-8-10-13-16(2)19/h3-15H2,1-2H3,(H,18,20). The minimum absolute atomic E-state index is 0.207. The van der Waals surface area contributed by atoms with Gasteiger partial charge < -0.3 is 10.1 Å². The Morgan fingerprint density at radius 2 is 1.30 bits per heavy atom. The SMILES string of the molecule is CCCCCCCC(=O)NCCCCCCCC(C)=O. The van der Waals surface area contributed by atoms with Gasteiger partial charge in [-0.2, -0.15) is 0 Å². The van der Waals surface area contributed by atoms with Gasteiger partial charge in [-0.15, -0.1) is 0 Å². The van der Waals surface area contributed by atoms with Crippen LogP contribution in [0.2, 0.25) is 0 Å². The molecule has 0 aromatic rings. The van der Waals surface area contributed by atoms with Gasteiger partial charge in [0.25, 0.3) is 0 Å². The zero-order chi connectivity index (χ0) is 15.1. The number of nitrogens with one attached hydrogen (secondary N) is 1. The number of Topliss-reactive ketones (excluding diaryl/α,β-unsaturated/α-hetero) is 1. The predicted molar refractivity (Wildman–Crippen MR) is 84.8 cm³/mol. The number of hydrogen-bond donors (Lipinski definition) is 1. The molecule has 0 fully saturated rings. The topological polar surface area (TPSA) is 46.2 Å². The first-order valence-corrected chi connectivity index (χ1v) is 8.43. The fraction of sp³-hybridized carbons (Fsp3) is 0.882. The van der Waals surface area contributed by atoms with Crippen molar-refractivity contribution in [2.75, 3.05) is 6.54 Å². The van der Waals surface area contributed by atoms with Crippen LogP contribution in [-0.4, -0.2) is 18.2 Å². The van der Waals surface area contributed by atoms with E-state index in [1.165, 1.54) is 32.1 Å². The maximum Gasteiger partial charge on any atom is 0.219 e. The molecule has 0 aliphatic carbocycles. The van der Waals surface area contributed by atoms with E-state index < -0.39 is 0 Å². The predicted octanol–water partition coefficient (Wildman–Crippen LogP) is 4.39. The zero-order valence-corrected chi connectivity index (χ0v) is 13.5. The van der Waals surface area contributed by atoms with Gasteiger partial charge in [-0.3, -0.25) is 4.79 Å². The molecule has 0 aromatic carbocycles. The summed E-state index contributed by atoms with van der Waals surface area (Å²) >= 11 is 0. The highest BCUT2D eigenvalue weighted by Gasteiger charge is 2.00. The molecule has 0 aliphatic rings. The van der Waals surface area contributed by atoms with Crippen LogP contribution in [0, 0.1) is 0 Å². The van der Waals surface area contributed by atoms with Crippen LogP contribution in [-0.2, 0) is 9.59 Å². The number of carbonyl (C=O) groups is 2. The summed E-state index contributed by atoms with van der Waals surface area (Å²) < 4.78 is 0. The van der Waals surface area contributed by atoms with Gasteiger partial charge in [-0.1, -0.05) is 51.9 Å². The highest BCUT2D eigenvalue weighted by molar-refractivity contribution is 5.75. The Labute approximate surface area is 124 Å². The van der Waals surface area contributed by atoms with Crippen LogP contribution in [0.1, 0.15) is 90.9 Å². The lowest BCUT2D eigenvalue weighted by Crippen LogP contribution is -2.23. The molecular formula is C17H33NO2. The molecular weight excluding hydrogens is 250 g/mol. The van der Waals surface area contributed by atoms with Crippen LogP contribution in [0.15, 0.2) is 0 Å². The summed E-state index contributed by atoms with van der Waals surface area (Å²) in [4.78, 5) is 22.3. The van der Waals surface area contributed by atoms with Crippen molar-refractivity contribution in [1.29, 1.82) is 0 Å². The molecule has 0 spiro atoms. The summed E-state index contributed by atoms with van der Waals surface area (Å²) in [5.74, 6) is 0.495. The fourth-order valence-corrected chi connectivity index (χ4v) is 2.23. The van der Waals surface area contributed by atoms with Gasteiger partial charge in [-0.05, 0) is 26.2 Å². The van der Waals surface area contributed by atoms with Crippen molar-refractivity contribution in [3.05, 3.63) is 0 Å². The Morgan fingerprint density at radius 3 is 1.95 bits per heavy atom. The maximum atomic E-state index is 11.5. The summed E-state index contributed by atoms with van der Waals surface area (Å²) in [6, 6.07) is 0. The van der Waals surface area contributed by atoms with E-state index in [4.69, 9.17) is 0 Å². The van der Waals surface area contributed by atoms with Crippen molar-refractivity contribution in [2.45, 2.75) is 90.9 Å². The summed E-state index contributed by atoms with van der Waals surface area (Å²) in [5, 5.41) is 2.99. The van der Waals surface area contributed by atoms with Gasteiger partial charge in [-0.25, -0.2) is 0 Å². The van der Waals surface area contributed by atoms with Crippen molar-refractivity contribution in [1.82, 2.24) is 5.32 Å². The van der Waals surface area contributed by atoms with Crippen molar-refractivity contribution in [2.24, 2.45) is 0 Å². The molecule has 1 N–H and O–H groups in total. The van der Waals surface area contributed by atoms with E-state index in [9.17, 15) is 9.59 Å². The number of rotatable bonds is 14. The van der Waals surface area contributed by atoms with Crippen LogP contribution in [0.3, 0.4) is 0 Å². The molecule has 0 aromatic heterocycles. The Kier molecular flexibility index (Phi) is 13.9. The van der Waals surface area contributed by atoms with Gasteiger partial charge in [0.2, 0.25) is 5.91 Å². The maximum absolute atomic E-state index is 11.5. The minimum atomic E-state index is 0.207. The lowest BCUT2D eigenvalue weighted by molar-refractivity contribution is -0.121. The molecule has 0 radical (unpaired) electrons. The molecule has 3 heteroatoms. The lowest BCUT2D eigenvalue weighted by Gasteiger charge is -2.05. The molecule has 0 atom stereocenters. The van der Waals surface area contributed by atoms with Crippen LogP contribution in [0.5, 0.6) is 0 Å². The van der Waals surface area contributed by atoms with E-state index >= 15 is 0 Å². The third-order valence-corrected chi connectivity index (χ3v) is 3.54. The first-order valence-electron chi connectivity index (χ1n) is 8.43. The summed E-state index contributed by atoms with van der Waals surface area (Å²) in [6.45, 7) is 4.66.